The van der Waals surface area contributed by atoms with Gasteiger partial charge in [0.15, 0.2) is 18.6 Å². The van der Waals surface area contributed by atoms with Crippen molar-refractivity contribution < 1.29 is 23.8 Å². The summed E-state index contributed by atoms with van der Waals surface area (Å²) in [6.07, 6.45) is -6.27. The number of carbonyl (C=O) groups is 1. The first-order chi connectivity index (χ1) is 9.01. The quantitative estimate of drug-likeness (QED) is 0.351. The van der Waals surface area contributed by atoms with Crippen molar-refractivity contribution in [1.29, 1.82) is 0 Å². The highest BCUT2D eigenvalue weighted by atomic mass is 19.1. The molecule has 0 radical (unpaired) electrons. The van der Waals surface area contributed by atoms with Gasteiger partial charge in [-0.15, -0.1) is 0 Å². The van der Waals surface area contributed by atoms with Crippen LogP contribution in [0, 0.1) is 0 Å². The average Bonchev–Trinajstić information content (AvgIpc) is 2.35. The number of hydrogen-bond acceptors (Lipinski definition) is 6. The van der Waals surface area contributed by atoms with Crippen molar-refractivity contribution in [2.75, 3.05) is 6.54 Å². The molecule has 0 amide bonds. The van der Waals surface area contributed by atoms with Crippen molar-refractivity contribution in [3.63, 3.8) is 0 Å². The van der Waals surface area contributed by atoms with Crippen molar-refractivity contribution in [3.05, 3.63) is 20.9 Å². The number of aliphatic hydroxyl groups is 1. The molecular weight excluding hydrogens is 263 g/mol. The molecule has 0 aromatic carbocycles. The second kappa shape index (κ2) is 6.76. The topological polar surface area (TPSA) is 153 Å². The van der Waals surface area contributed by atoms with Crippen LogP contribution in [0.15, 0.2) is 10.2 Å². The number of aliphatic hydroxyl groups excluding tert-OH is 1. The molecule has 5 unspecified atom stereocenters. The van der Waals surface area contributed by atoms with Gasteiger partial charge in [0.05, 0.1) is 6.54 Å². The Morgan fingerprint density at radius 1 is 1.53 bits per heavy atom. The highest BCUT2D eigenvalue weighted by Gasteiger charge is 2.47. The molecule has 0 aromatic rings. The molecule has 5 atom stereocenters. The maximum absolute atomic E-state index is 14.1. The molecule has 0 saturated carbocycles. The third kappa shape index (κ3) is 3.70. The molecule has 19 heavy (non-hydrogen) atoms. The fourth-order valence-electron chi connectivity index (χ4n) is 1.67. The molecule has 1 aliphatic rings. The number of carbonyl (C=O) groups excluding carboxylic acids is 1. The van der Waals surface area contributed by atoms with E-state index in [1.807, 2.05) is 0 Å². The van der Waals surface area contributed by atoms with Crippen LogP contribution >= 0.6 is 0 Å². The number of alkyl halides is 1. The van der Waals surface area contributed by atoms with E-state index in [0.29, 0.717) is 0 Å². The van der Waals surface area contributed by atoms with Crippen molar-refractivity contribution in [1.82, 2.24) is 0 Å². The lowest BCUT2D eigenvalue weighted by Gasteiger charge is -2.38. The summed E-state index contributed by atoms with van der Waals surface area (Å²) < 4.78 is 23.7. The van der Waals surface area contributed by atoms with Crippen LogP contribution in [0.1, 0.15) is 6.92 Å². The Bertz CT molecular complexity index is 433. The van der Waals surface area contributed by atoms with Gasteiger partial charge in [-0.3, -0.25) is 4.79 Å². The molecule has 11 heteroatoms. The summed E-state index contributed by atoms with van der Waals surface area (Å²) in [7, 11) is 0. The fourth-order valence-corrected chi connectivity index (χ4v) is 1.67. The average molecular weight is 274 g/mol. The van der Waals surface area contributed by atoms with E-state index in [2.05, 4.69) is 20.1 Å². The monoisotopic (exact) mass is 274 g/mol. The van der Waals surface area contributed by atoms with Gasteiger partial charge >= 0.3 is 5.97 Å². The molecule has 10 nitrogen and oxygen atoms in total. The van der Waals surface area contributed by atoms with Crippen molar-refractivity contribution >= 4 is 5.97 Å². The summed E-state index contributed by atoms with van der Waals surface area (Å²) in [5, 5.41) is 15.7. The molecule has 1 rings (SSSR count). The van der Waals surface area contributed by atoms with Gasteiger partial charge in [-0.1, -0.05) is 10.2 Å². The minimum Gasteiger partial charge on any atom is -0.457 e. The standard InChI is InChI=1S/C8H11FN6O4/c1-3(16)18-7-4(2-12-14-10)19-8(17)6(5(7)9)13-15-11/h4-8,17H,2H2,1H3. The number of nitrogens with zero attached hydrogens (tertiary/aromatic N) is 6. The van der Waals surface area contributed by atoms with E-state index in [0.717, 1.165) is 6.92 Å². The molecular formula is C8H11FN6O4. The van der Waals surface area contributed by atoms with Gasteiger partial charge < -0.3 is 14.6 Å². The predicted molar refractivity (Wildman–Crippen MR) is 58.3 cm³/mol. The summed E-state index contributed by atoms with van der Waals surface area (Å²) in [5.74, 6) is -0.779. The Labute approximate surface area is 106 Å². The number of hydrogen-bond donors (Lipinski definition) is 1. The van der Waals surface area contributed by atoms with Crippen LogP contribution in [0.25, 0.3) is 20.9 Å². The van der Waals surface area contributed by atoms with Gasteiger partial charge in [0.1, 0.15) is 12.1 Å². The maximum atomic E-state index is 14.1. The highest BCUT2D eigenvalue weighted by molar-refractivity contribution is 5.66. The maximum Gasteiger partial charge on any atom is 0.303 e. The zero-order valence-corrected chi connectivity index (χ0v) is 9.83. The van der Waals surface area contributed by atoms with E-state index in [-0.39, 0.29) is 6.54 Å². The van der Waals surface area contributed by atoms with E-state index in [4.69, 9.17) is 20.5 Å². The lowest BCUT2D eigenvalue weighted by atomic mass is 9.98. The van der Waals surface area contributed by atoms with Crippen LogP contribution in [0.5, 0.6) is 0 Å². The van der Waals surface area contributed by atoms with Crippen LogP contribution in [-0.2, 0) is 14.3 Å². The van der Waals surface area contributed by atoms with Gasteiger partial charge in [-0.25, -0.2) is 4.39 Å². The van der Waals surface area contributed by atoms with Crippen LogP contribution in [0.2, 0.25) is 0 Å². The van der Waals surface area contributed by atoms with E-state index >= 15 is 0 Å². The van der Waals surface area contributed by atoms with Crippen molar-refractivity contribution in [2.24, 2.45) is 10.2 Å². The first-order valence-corrected chi connectivity index (χ1v) is 5.21. The zero-order valence-electron chi connectivity index (χ0n) is 9.83. The predicted octanol–water partition coefficient (Wildman–Crippen LogP) is 0.963. The zero-order chi connectivity index (χ0) is 14.4. The van der Waals surface area contributed by atoms with Crippen LogP contribution in [0.3, 0.4) is 0 Å². The molecule has 0 bridgehead atoms. The Kier molecular flexibility index (Phi) is 5.34. The number of ether oxygens (including phenoxy) is 2. The largest absolute Gasteiger partial charge is 0.457 e. The Hall–Kier alpha value is -2.06. The van der Waals surface area contributed by atoms with E-state index < -0.39 is 36.7 Å². The third-order valence-electron chi connectivity index (χ3n) is 2.42. The van der Waals surface area contributed by atoms with Gasteiger partial charge in [0.2, 0.25) is 0 Å². The van der Waals surface area contributed by atoms with Gasteiger partial charge in [0.25, 0.3) is 0 Å². The molecule has 104 valence electrons. The second-order valence-corrected chi connectivity index (χ2v) is 3.69. The lowest BCUT2D eigenvalue weighted by Crippen LogP contribution is -2.57. The van der Waals surface area contributed by atoms with Crippen LogP contribution < -0.4 is 0 Å². The molecule has 1 fully saturated rings. The molecule has 0 spiro atoms. The Morgan fingerprint density at radius 2 is 2.21 bits per heavy atom. The number of esters is 1. The summed E-state index contributed by atoms with van der Waals surface area (Å²) >= 11 is 0. The minimum atomic E-state index is -1.97. The molecule has 0 aromatic heterocycles. The van der Waals surface area contributed by atoms with Crippen molar-refractivity contribution in [3.8, 4) is 0 Å². The summed E-state index contributed by atoms with van der Waals surface area (Å²) in [4.78, 5) is 15.8. The van der Waals surface area contributed by atoms with Crippen molar-refractivity contribution in [2.45, 2.75) is 37.6 Å². The van der Waals surface area contributed by atoms with Gasteiger partial charge in [0, 0.05) is 16.7 Å². The highest BCUT2D eigenvalue weighted by Crippen LogP contribution is 2.27. The normalized spacial score (nSPS) is 33.7. The van der Waals surface area contributed by atoms with Crippen LogP contribution in [-0.4, -0.2) is 48.3 Å². The number of halogens is 1. The van der Waals surface area contributed by atoms with Gasteiger partial charge in [-0.05, 0) is 11.1 Å². The number of rotatable bonds is 4. The third-order valence-corrected chi connectivity index (χ3v) is 2.42. The van der Waals surface area contributed by atoms with Crippen LogP contribution in [0.4, 0.5) is 4.39 Å². The SMILES string of the molecule is CC(=O)OC1C(CN=[N+]=[N-])OC(O)C(N=[N+]=[N-])C1F. The Morgan fingerprint density at radius 3 is 2.74 bits per heavy atom. The van der Waals surface area contributed by atoms with E-state index in [1.54, 1.807) is 0 Å². The first kappa shape index (κ1) is 15.0. The molecule has 1 saturated heterocycles. The van der Waals surface area contributed by atoms with E-state index in [9.17, 15) is 14.3 Å². The Balaban J connectivity index is 2.95. The molecule has 1 aliphatic heterocycles. The lowest BCUT2D eigenvalue weighted by molar-refractivity contribution is -0.234. The molecule has 0 aliphatic carbocycles. The first-order valence-electron chi connectivity index (χ1n) is 5.21. The fraction of sp³-hybridized carbons (Fsp3) is 0.875. The van der Waals surface area contributed by atoms with E-state index in [1.165, 1.54) is 0 Å². The molecule has 1 heterocycles. The summed E-state index contributed by atoms with van der Waals surface area (Å²) in [6, 6.07) is -1.54. The smallest absolute Gasteiger partial charge is 0.303 e. The second-order valence-electron chi connectivity index (χ2n) is 3.69. The summed E-state index contributed by atoms with van der Waals surface area (Å²) in [5.41, 5.74) is 16.5. The number of azide groups is 2. The minimum absolute atomic E-state index is 0.338. The summed E-state index contributed by atoms with van der Waals surface area (Å²) in [6.45, 7) is 0.722. The molecule has 1 N–H and O–H groups in total. The van der Waals surface area contributed by atoms with Gasteiger partial charge in [-0.2, -0.15) is 0 Å².